The van der Waals surface area contributed by atoms with Crippen LogP contribution in [0.25, 0.3) is 0 Å². The summed E-state index contributed by atoms with van der Waals surface area (Å²) in [7, 11) is -0.444. The number of fused-ring (bicyclic) bond motifs is 1. The highest BCUT2D eigenvalue weighted by atomic mass is 32.2. The Morgan fingerprint density at radius 2 is 2.03 bits per heavy atom. The molecule has 4 rings (SSSR count). The number of aryl methyl sites for hydroxylation is 1. The largest absolute Gasteiger partial charge is 0.484 e. The molecule has 1 N–H and O–H groups in total. The number of hydrogen-bond donors (Lipinski definition) is 1. The van der Waals surface area contributed by atoms with Crippen LogP contribution in [0.1, 0.15) is 22.8 Å². The quantitative estimate of drug-likeness (QED) is 0.507. The smallest absolute Gasteiger partial charge is 0.257 e. The average molecular weight is 490 g/mol. The molecule has 1 atom stereocenters. The van der Waals surface area contributed by atoms with Crippen LogP contribution < -0.4 is 14.8 Å². The van der Waals surface area contributed by atoms with Crippen LogP contribution in [0.4, 0.5) is 10.2 Å². The first-order valence-electron chi connectivity index (χ1n) is 10.3. The number of nitrogens with one attached hydrogen (secondary N) is 1. The van der Waals surface area contributed by atoms with Gasteiger partial charge in [0, 0.05) is 56.3 Å². The van der Waals surface area contributed by atoms with Gasteiger partial charge in [-0.25, -0.2) is 12.8 Å². The molecule has 34 heavy (non-hydrogen) atoms. The molecule has 1 amide bonds. The summed E-state index contributed by atoms with van der Waals surface area (Å²) in [5, 5.41) is 6.82. The van der Waals surface area contributed by atoms with Crippen LogP contribution in [0, 0.1) is 5.82 Å². The van der Waals surface area contributed by atoms with E-state index in [4.69, 9.17) is 14.2 Å². The van der Waals surface area contributed by atoms with Crippen molar-refractivity contribution >= 4 is 21.6 Å². The van der Waals surface area contributed by atoms with Crippen LogP contribution in [0.2, 0.25) is 0 Å². The summed E-state index contributed by atoms with van der Waals surface area (Å²) >= 11 is 0. The van der Waals surface area contributed by atoms with E-state index in [1.165, 1.54) is 6.07 Å². The van der Waals surface area contributed by atoms with Crippen LogP contribution in [-0.4, -0.2) is 49.7 Å². The normalized spacial score (nSPS) is 17.2. The Balaban J connectivity index is 1.78. The van der Waals surface area contributed by atoms with Gasteiger partial charge in [0.05, 0.1) is 6.61 Å². The Bertz CT molecular complexity index is 1370. The van der Waals surface area contributed by atoms with Gasteiger partial charge in [-0.1, -0.05) is 0 Å². The molecule has 11 heteroatoms. The highest BCUT2D eigenvalue weighted by molar-refractivity contribution is 7.90. The summed E-state index contributed by atoms with van der Waals surface area (Å²) in [5.41, 5.74) is 0.0726. The summed E-state index contributed by atoms with van der Waals surface area (Å²) in [6.45, 7) is 2.11. The molecule has 2 heterocycles. The minimum absolute atomic E-state index is 0.176. The maximum Gasteiger partial charge on any atom is 0.257 e. The number of anilines is 1. The lowest BCUT2D eigenvalue weighted by Gasteiger charge is -2.22. The molecular weight excluding hydrogens is 465 g/mol. The Kier molecular flexibility index (Phi) is 6.09. The van der Waals surface area contributed by atoms with E-state index in [9.17, 15) is 17.6 Å². The van der Waals surface area contributed by atoms with E-state index in [-0.39, 0.29) is 28.6 Å². The minimum Gasteiger partial charge on any atom is -0.484 e. The number of halogens is 1. The number of aromatic nitrogens is 2. The van der Waals surface area contributed by atoms with Gasteiger partial charge in [-0.3, -0.25) is 9.48 Å². The molecule has 0 aliphatic carbocycles. The second-order valence-electron chi connectivity index (χ2n) is 8.41. The van der Waals surface area contributed by atoms with E-state index >= 15 is 0 Å². The van der Waals surface area contributed by atoms with Crippen molar-refractivity contribution in [3.63, 3.8) is 0 Å². The van der Waals surface area contributed by atoms with Crippen LogP contribution in [0.15, 0.2) is 47.5 Å². The monoisotopic (exact) mass is 489 g/mol. The number of carbonyl (C=O) groups excluding carboxylic acids is 1. The highest BCUT2D eigenvalue weighted by Gasteiger charge is 2.38. The molecular formula is C23H24FN3O6S. The zero-order chi connectivity index (χ0) is 24.7. The fourth-order valence-electron chi connectivity index (χ4n) is 3.83. The van der Waals surface area contributed by atoms with E-state index in [2.05, 4.69) is 10.4 Å². The van der Waals surface area contributed by atoms with Crippen molar-refractivity contribution in [1.29, 1.82) is 0 Å². The zero-order valence-electron chi connectivity index (χ0n) is 19.1. The molecule has 0 radical (unpaired) electrons. The first-order chi connectivity index (χ1) is 16.0. The molecule has 1 aromatic heterocycles. The highest BCUT2D eigenvalue weighted by Crippen LogP contribution is 2.44. The van der Waals surface area contributed by atoms with Crippen molar-refractivity contribution in [1.82, 2.24) is 9.78 Å². The fourth-order valence-corrected chi connectivity index (χ4v) is 4.61. The van der Waals surface area contributed by atoms with E-state index in [1.54, 1.807) is 37.2 Å². The Morgan fingerprint density at radius 1 is 1.26 bits per heavy atom. The number of carbonyl (C=O) groups is 1. The van der Waals surface area contributed by atoms with Crippen LogP contribution in [0.5, 0.6) is 17.2 Å². The molecule has 0 fully saturated rings. The third kappa shape index (κ3) is 4.90. The third-order valence-electron chi connectivity index (χ3n) is 5.27. The van der Waals surface area contributed by atoms with Gasteiger partial charge in [0.25, 0.3) is 5.91 Å². The van der Waals surface area contributed by atoms with Crippen molar-refractivity contribution in [2.45, 2.75) is 23.8 Å². The predicted molar refractivity (Wildman–Crippen MR) is 122 cm³/mol. The van der Waals surface area contributed by atoms with Gasteiger partial charge in [-0.05, 0) is 31.2 Å². The van der Waals surface area contributed by atoms with E-state index in [0.29, 0.717) is 23.6 Å². The molecule has 0 spiro atoms. The summed E-state index contributed by atoms with van der Waals surface area (Å²) < 4.78 is 57.3. The molecule has 2 aromatic carbocycles. The zero-order valence-corrected chi connectivity index (χ0v) is 19.9. The SMILES string of the molecule is COC[C@]1(C)Cc2c(Oc3cc(F)ccc3S(C)(=O)=O)cc(C(=O)Nc3ccn(C)n3)cc2O1. The van der Waals surface area contributed by atoms with Gasteiger partial charge in [0.15, 0.2) is 15.7 Å². The van der Waals surface area contributed by atoms with Crippen molar-refractivity contribution < 1.29 is 31.8 Å². The molecule has 0 bridgehead atoms. The third-order valence-corrected chi connectivity index (χ3v) is 6.40. The summed E-state index contributed by atoms with van der Waals surface area (Å²) in [4.78, 5) is 12.8. The van der Waals surface area contributed by atoms with E-state index in [1.807, 2.05) is 6.92 Å². The molecule has 9 nitrogen and oxygen atoms in total. The van der Waals surface area contributed by atoms with Crippen LogP contribution >= 0.6 is 0 Å². The number of hydrogen-bond acceptors (Lipinski definition) is 7. The van der Waals surface area contributed by atoms with Gasteiger partial charge in [-0.2, -0.15) is 5.10 Å². The number of nitrogens with zero attached hydrogens (tertiary/aromatic N) is 2. The molecule has 3 aromatic rings. The summed E-state index contributed by atoms with van der Waals surface area (Å²) in [6, 6.07) is 7.86. The maximum atomic E-state index is 14.0. The Morgan fingerprint density at radius 3 is 2.68 bits per heavy atom. The standard InChI is InChI=1S/C23H24FN3O6S/c1-23(13-31-3)12-16-17(32-19-11-15(24)5-6-20(19)34(4,29)30)9-14(10-18(16)33-23)22(28)25-21-7-8-27(2)26-21/h5-11H,12-13H2,1-4H3,(H,25,26,28)/t23-/m0/s1. The molecule has 1 aliphatic rings. The van der Waals surface area contributed by atoms with Crippen molar-refractivity contribution in [2.24, 2.45) is 7.05 Å². The fraction of sp³-hybridized carbons (Fsp3) is 0.304. The van der Waals surface area contributed by atoms with Gasteiger partial charge in [-0.15, -0.1) is 0 Å². The first-order valence-corrected chi connectivity index (χ1v) is 12.2. The van der Waals surface area contributed by atoms with Gasteiger partial charge < -0.3 is 19.5 Å². The summed E-state index contributed by atoms with van der Waals surface area (Å²) in [6.07, 6.45) is 3.06. The second kappa shape index (κ2) is 8.73. The van der Waals surface area contributed by atoms with Crippen LogP contribution in [0.3, 0.4) is 0 Å². The van der Waals surface area contributed by atoms with Crippen molar-refractivity contribution in [3.05, 3.63) is 59.5 Å². The van der Waals surface area contributed by atoms with Crippen molar-refractivity contribution in [3.8, 4) is 17.2 Å². The molecule has 0 unspecified atom stereocenters. The lowest BCUT2D eigenvalue weighted by molar-refractivity contribution is 0.0204. The van der Waals surface area contributed by atoms with E-state index < -0.39 is 27.2 Å². The predicted octanol–water partition coefficient (Wildman–Crippen LogP) is 3.35. The number of benzene rings is 2. The number of methoxy groups -OCH3 is 1. The maximum absolute atomic E-state index is 14.0. The van der Waals surface area contributed by atoms with E-state index in [0.717, 1.165) is 24.5 Å². The van der Waals surface area contributed by atoms with Crippen molar-refractivity contribution in [2.75, 3.05) is 25.3 Å². The minimum atomic E-state index is -3.71. The number of amides is 1. The summed E-state index contributed by atoms with van der Waals surface area (Å²) in [5.74, 6) is -0.404. The first kappa shape index (κ1) is 23.7. The number of rotatable bonds is 7. The lowest BCUT2D eigenvalue weighted by atomic mass is 9.98. The molecule has 180 valence electrons. The van der Waals surface area contributed by atoms with Gasteiger partial charge in [0.2, 0.25) is 0 Å². The lowest BCUT2D eigenvalue weighted by Crippen LogP contribution is -2.35. The molecule has 0 saturated carbocycles. The number of sulfone groups is 1. The Hall–Kier alpha value is -3.44. The molecule has 0 saturated heterocycles. The number of ether oxygens (including phenoxy) is 3. The van der Waals surface area contributed by atoms with Crippen LogP contribution in [-0.2, 0) is 28.0 Å². The molecule has 1 aliphatic heterocycles. The topological polar surface area (TPSA) is 109 Å². The average Bonchev–Trinajstić information content (AvgIpc) is 3.29. The Labute approximate surface area is 196 Å². The second-order valence-corrected chi connectivity index (χ2v) is 10.4. The van der Waals surface area contributed by atoms with Gasteiger partial charge >= 0.3 is 0 Å². The van der Waals surface area contributed by atoms with Gasteiger partial charge in [0.1, 0.15) is 33.6 Å².